The third-order valence-corrected chi connectivity index (χ3v) is 1.38. The van der Waals surface area contributed by atoms with Crippen LogP contribution < -0.4 is 0 Å². The molecule has 0 saturated carbocycles. The Morgan fingerprint density at radius 1 is 1.86 bits per heavy atom. The molecule has 0 N–H and O–H groups in total. The van der Waals surface area contributed by atoms with E-state index >= 15 is 0 Å². The highest BCUT2D eigenvalue weighted by Gasteiger charge is 1.37. The Hall–Kier alpha value is -0.460. The van der Waals surface area contributed by atoms with Crippen LogP contribution in [0.2, 0.25) is 0 Å². The molecule has 0 amide bonds. The first-order valence-corrected chi connectivity index (χ1v) is 3.47. The molecular formula is C5H8NS-. The summed E-state index contributed by atoms with van der Waals surface area (Å²) in [6.07, 6.45) is 1.97. The van der Waals surface area contributed by atoms with Crippen molar-refractivity contribution >= 4 is 27.3 Å². The van der Waals surface area contributed by atoms with Gasteiger partial charge in [0.1, 0.15) is 0 Å². The lowest BCUT2D eigenvalue weighted by atomic mass is 11.3. The van der Waals surface area contributed by atoms with Gasteiger partial charge in [-0.1, -0.05) is 12.1 Å². The summed E-state index contributed by atoms with van der Waals surface area (Å²) in [5, 5.41) is 2.75. The van der Waals surface area contributed by atoms with Gasteiger partial charge in [0.15, 0.2) is 0 Å². The van der Waals surface area contributed by atoms with E-state index in [0.29, 0.717) is 0 Å². The van der Waals surface area contributed by atoms with E-state index in [2.05, 4.69) is 23.3 Å². The molecule has 0 fully saturated rings. The average molecular weight is 114 g/mol. The van der Waals surface area contributed by atoms with Gasteiger partial charge in [-0.3, -0.25) is 10.0 Å². The van der Waals surface area contributed by atoms with Crippen LogP contribution in [0.4, 0.5) is 0 Å². The first kappa shape index (κ1) is 6.54. The summed E-state index contributed by atoms with van der Waals surface area (Å²) in [6, 6.07) is 0. The van der Waals surface area contributed by atoms with Crippen LogP contribution in [0, 0.1) is 0 Å². The molecule has 0 heterocycles. The first-order chi connectivity index (χ1) is 3.31. The second-order valence-corrected chi connectivity index (χ2v) is 2.60. The Labute approximate surface area is 45.9 Å². The van der Waals surface area contributed by atoms with E-state index in [-0.39, 0.29) is 10.1 Å². The van der Waals surface area contributed by atoms with Crippen LogP contribution >= 0.6 is 0 Å². The van der Waals surface area contributed by atoms with E-state index in [4.69, 9.17) is 0 Å². The van der Waals surface area contributed by atoms with Gasteiger partial charge < -0.3 is 10.1 Å². The Balaban J connectivity index is 4.32. The van der Waals surface area contributed by atoms with Crippen LogP contribution in [0.5, 0.6) is 0 Å². The van der Waals surface area contributed by atoms with Crippen LogP contribution in [0.25, 0.3) is 0 Å². The minimum absolute atomic E-state index is 0.00772. The molecule has 40 valence electrons. The Morgan fingerprint density at radius 3 is 2.57 bits per heavy atom. The largest absolute Gasteiger partial charge is 0.415 e. The Bertz CT molecular complexity index is 157. The molecule has 0 aromatic carbocycles. The highest BCUT2D eigenvalue weighted by molar-refractivity contribution is 7.92. The van der Waals surface area contributed by atoms with Crippen molar-refractivity contribution in [2.75, 3.05) is 6.26 Å². The average Bonchev–Trinajstić information content (AvgIpc) is 1.68. The van der Waals surface area contributed by atoms with Gasteiger partial charge in [-0.15, -0.1) is 6.26 Å². The lowest BCUT2D eigenvalue weighted by Gasteiger charge is -1.87. The maximum absolute atomic E-state index is 3.54. The van der Waals surface area contributed by atoms with E-state index in [1.54, 1.807) is 5.49 Å². The van der Waals surface area contributed by atoms with Crippen molar-refractivity contribution in [3.05, 3.63) is 6.58 Å². The quantitative estimate of drug-likeness (QED) is 0.264. The van der Waals surface area contributed by atoms with Gasteiger partial charge in [-0.05, 0) is 6.72 Å². The van der Waals surface area contributed by atoms with Crippen molar-refractivity contribution in [2.24, 2.45) is 4.99 Å². The third-order valence-electron chi connectivity index (χ3n) is 0.460. The van der Waals surface area contributed by atoms with E-state index in [1.165, 1.54) is 0 Å². The van der Waals surface area contributed by atoms with Gasteiger partial charge in [0.05, 0.1) is 0 Å². The molecule has 2 heteroatoms. The van der Waals surface area contributed by atoms with Crippen LogP contribution in [-0.2, 0) is 10.1 Å². The molecule has 0 aliphatic rings. The molecule has 0 radical (unpaired) electrons. The van der Waals surface area contributed by atoms with Crippen LogP contribution in [0.15, 0.2) is 11.6 Å². The normalized spacial score (nSPS) is 12.7. The smallest absolute Gasteiger partial charge is 0.0123 e. The first-order valence-electron chi connectivity index (χ1n) is 1.78. The molecule has 0 atom stereocenters. The molecule has 0 saturated heterocycles. The molecule has 0 aromatic rings. The number of hydrogen-bond donors (Lipinski definition) is 0. The number of rotatable bonds is 1. The minimum atomic E-state index is 0.00772. The summed E-state index contributed by atoms with van der Waals surface area (Å²) in [6.45, 7) is 6.73. The van der Waals surface area contributed by atoms with Gasteiger partial charge in [0, 0.05) is 0 Å². The van der Waals surface area contributed by atoms with Gasteiger partial charge in [0.25, 0.3) is 0 Å². The van der Waals surface area contributed by atoms with E-state index in [1.807, 2.05) is 6.26 Å². The predicted octanol–water partition coefficient (Wildman–Crippen LogP) is 0.282. The van der Waals surface area contributed by atoms with Crippen molar-refractivity contribution < 1.29 is 0 Å². The van der Waals surface area contributed by atoms with Crippen molar-refractivity contribution in [1.29, 1.82) is 0 Å². The number of nitrogens with zero attached hydrogens (tertiary/aromatic N) is 1. The summed E-state index contributed by atoms with van der Waals surface area (Å²) in [5.74, 6) is 0. The fraction of sp³-hybridized carbons (Fsp3) is 0.200. The predicted molar refractivity (Wildman–Crippen MR) is 39.5 cm³/mol. The lowest BCUT2D eigenvalue weighted by molar-refractivity contribution is 1.93. The van der Waals surface area contributed by atoms with E-state index in [0.717, 1.165) is 0 Å². The molecule has 0 aromatic heterocycles. The summed E-state index contributed by atoms with van der Waals surface area (Å²) in [5.41, 5.74) is 1.72. The topological polar surface area (TPSA) is 12.4 Å². The highest BCUT2D eigenvalue weighted by Crippen LogP contribution is 1.52. The molecule has 0 aliphatic heterocycles. The lowest BCUT2D eigenvalue weighted by Crippen LogP contribution is -1.72. The summed E-state index contributed by atoms with van der Waals surface area (Å²) in [7, 11) is 0.00772. The highest BCUT2D eigenvalue weighted by atomic mass is 32.2. The molecule has 0 unspecified atom stereocenters. The zero-order valence-electron chi connectivity index (χ0n) is 4.35. The van der Waals surface area contributed by atoms with Crippen molar-refractivity contribution in [3.8, 4) is 0 Å². The van der Waals surface area contributed by atoms with Gasteiger partial charge in [-0.2, -0.15) is 0 Å². The maximum atomic E-state index is 3.54. The molecule has 0 rings (SSSR count). The van der Waals surface area contributed by atoms with Crippen LogP contribution in [-0.4, -0.2) is 23.5 Å². The SMILES string of the molecule is C=C=[S-](C)=CN=C. The molecule has 0 spiro atoms. The van der Waals surface area contributed by atoms with Gasteiger partial charge in [0.2, 0.25) is 0 Å². The molecule has 0 bridgehead atoms. The fourth-order valence-electron chi connectivity index (χ4n) is 0.149. The summed E-state index contributed by atoms with van der Waals surface area (Å²) >= 11 is 0. The second-order valence-electron chi connectivity index (χ2n) is 0.990. The zero-order valence-corrected chi connectivity index (χ0v) is 5.16. The van der Waals surface area contributed by atoms with Crippen molar-refractivity contribution in [1.82, 2.24) is 0 Å². The van der Waals surface area contributed by atoms with Crippen molar-refractivity contribution in [3.63, 3.8) is 0 Å². The zero-order chi connectivity index (χ0) is 5.70. The second kappa shape index (κ2) is 3.72. The Kier molecular flexibility index (Phi) is 3.48. The number of aliphatic imine (C=N–C) groups is 1. The van der Waals surface area contributed by atoms with E-state index < -0.39 is 0 Å². The fourth-order valence-corrected chi connectivity index (χ4v) is 0.447. The van der Waals surface area contributed by atoms with Gasteiger partial charge in [-0.25, -0.2) is 0 Å². The maximum Gasteiger partial charge on any atom is -0.0123 e. The summed E-state index contributed by atoms with van der Waals surface area (Å²) < 4.78 is 0. The molecule has 1 nitrogen and oxygen atoms in total. The van der Waals surface area contributed by atoms with Crippen LogP contribution in [0.1, 0.15) is 0 Å². The molecule has 0 aliphatic carbocycles. The van der Waals surface area contributed by atoms with Gasteiger partial charge >= 0.3 is 0 Å². The van der Waals surface area contributed by atoms with E-state index in [9.17, 15) is 0 Å². The summed E-state index contributed by atoms with van der Waals surface area (Å²) in [4.78, 5) is 3.54. The molecular weight excluding hydrogens is 106 g/mol. The van der Waals surface area contributed by atoms with Crippen molar-refractivity contribution in [2.45, 2.75) is 0 Å². The Morgan fingerprint density at radius 2 is 2.43 bits per heavy atom. The standard InChI is InChI=1S/C5H8NS/c1-4-7(3)5-6-2/h5H,1-2H2,3H3/q-1. The number of hydrogen-bond acceptors (Lipinski definition) is 1. The minimum Gasteiger partial charge on any atom is -0.415 e. The van der Waals surface area contributed by atoms with Crippen LogP contribution in [0.3, 0.4) is 0 Å². The third kappa shape index (κ3) is 3.37. The molecule has 7 heavy (non-hydrogen) atoms. The monoisotopic (exact) mass is 114 g/mol.